The van der Waals surface area contributed by atoms with Gasteiger partial charge in [0, 0.05) is 34.6 Å². The number of hydrogen-bond donors (Lipinski definition) is 0. The number of thioether (sulfide) groups is 1. The van der Waals surface area contributed by atoms with Gasteiger partial charge < -0.3 is 9.47 Å². The van der Waals surface area contributed by atoms with E-state index in [1.807, 2.05) is 60.9 Å². The van der Waals surface area contributed by atoms with Gasteiger partial charge in [-0.3, -0.25) is 19.3 Å². The first kappa shape index (κ1) is 24.9. The van der Waals surface area contributed by atoms with Crippen LogP contribution in [0.3, 0.4) is 0 Å². The zero-order valence-electron chi connectivity index (χ0n) is 19.8. The number of aromatic nitrogens is 1. The number of carbonyl (C=O) groups is 3. The van der Waals surface area contributed by atoms with E-state index in [1.54, 1.807) is 11.0 Å². The maximum absolute atomic E-state index is 13.1. The minimum Gasteiger partial charge on any atom is -0.336 e. The summed E-state index contributed by atoms with van der Waals surface area (Å²) in [4.78, 5) is 41.8. The van der Waals surface area contributed by atoms with Crippen LogP contribution in [0.15, 0.2) is 57.9 Å². The Morgan fingerprint density at radius 1 is 1.11 bits per heavy atom. The summed E-state index contributed by atoms with van der Waals surface area (Å²) in [6, 6.07) is 15.7. The van der Waals surface area contributed by atoms with Crippen molar-refractivity contribution in [3.05, 3.63) is 91.0 Å². The topological polar surface area (TPSA) is 62.6 Å². The van der Waals surface area contributed by atoms with Crippen LogP contribution in [-0.4, -0.2) is 44.5 Å². The summed E-state index contributed by atoms with van der Waals surface area (Å²) in [6.45, 7) is 4.75. The molecular weight excluding hydrogens is 562 g/mol. The predicted molar refractivity (Wildman–Crippen MR) is 146 cm³/mol. The zero-order valence-corrected chi connectivity index (χ0v) is 22.9. The number of fused-ring (bicyclic) bond motifs is 1. The molecule has 0 bridgehead atoms. The van der Waals surface area contributed by atoms with Crippen LogP contribution in [0.4, 0.5) is 4.79 Å². The molecule has 2 aromatic carbocycles. The smallest absolute Gasteiger partial charge is 0.294 e. The molecule has 184 valence electrons. The molecule has 0 spiro atoms. The summed E-state index contributed by atoms with van der Waals surface area (Å²) in [6.07, 6.45) is 2.49. The standard InChI is InChI=1S/C27H23BrClN3O3S/c1-16-11-20(17(2)32(16)21-7-8-22(28)23(29)13-21)12-24-26(34)31(27(35)36-24)15-25(33)30-10-9-18-5-3-4-6-19(18)14-30/h3-8,11-13H,9-10,14-15H2,1-2H3/b24-12-. The van der Waals surface area contributed by atoms with E-state index >= 15 is 0 Å². The van der Waals surface area contributed by atoms with Gasteiger partial charge in [-0.25, -0.2) is 0 Å². The Labute approximate surface area is 227 Å². The van der Waals surface area contributed by atoms with Crippen molar-refractivity contribution < 1.29 is 14.4 Å². The highest BCUT2D eigenvalue weighted by Gasteiger charge is 2.37. The minimum absolute atomic E-state index is 0.224. The molecule has 1 saturated heterocycles. The summed E-state index contributed by atoms with van der Waals surface area (Å²) in [5.74, 6) is -0.661. The number of hydrogen-bond acceptors (Lipinski definition) is 4. The molecule has 0 aliphatic carbocycles. The molecule has 0 unspecified atom stereocenters. The van der Waals surface area contributed by atoms with Gasteiger partial charge in [-0.1, -0.05) is 35.9 Å². The number of aryl methyl sites for hydroxylation is 1. The highest BCUT2D eigenvalue weighted by molar-refractivity contribution is 9.10. The van der Waals surface area contributed by atoms with Crippen molar-refractivity contribution in [2.24, 2.45) is 0 Å². The molecule has 9 heteroatoms. The second-order valence-corrected chi connectivity index (χ2v) is 11.1. The van der Waals surface area contributed by atoms with Gasteiger partial charge in [-0.2, -0.15) is 0 Å². The van der Waals surface area contributed by atoms with Gasteiger partial charge >= 0.3 is 0 Å². The fourth-order valence-corrected chi connectivity index (χ4v) is 5.93. The van der Waals surface area contributed by atoms with Crippen LogP contribution < -0.4 is 0 Å². The zero-order chi connectivity index (χ0) is 25.6. The van der Waals surface area contributed by atoms with E-state index in [1.165, 1.54) is 5.56 Å². The fraction of sp³-hybridized carbons (Fsp3) is 0.222. The first-order valence-electron chi connectivity index (χ1n) is 11.5. The lowest BCUT2D eigenvalue weighted by Crippen LogP contribution is -2.44. The van der Waals surface area contributed by atoms with Crippen LogP contribution in [0.25, 0.3) is 11.8 Å². The first-order chi connectivity index (χ1) is 17.2. The molecule has 0 atom stereocenters. The SMILES string of the molecule is Cc1cc(/C=C2\SC(=O)N(CC(=O)N3CCc4ccccc4C3)C2=O)c(C)n1-c1ccc(Br)c(Cl)c1. The molecule has 36 heavy (non-hydrogen) atoms. The van der Waals surface area contributed by atoms with Crippen molar-refractivity contribution in [3.8, 4) is 5.69 Å². The first-order valence-corrected chi connectivity index (χ1v) is 13.5. The van der Waals surface area contributed by atoms with Gasteiger partial charge in [-0.15, -0.1) is 0 Å². The van der Waals surface area contributed by atoms with Crippen molar-refractivity contribution in [1.29, 1.82) is 0 Å². The maximum atomic E-state index is 13.1. The molecule has 0 saturated carbocycles. The van der Waals surface area contributed by atoms with E-state index in [0.717, 1.165) is 55.8 Å². The number of imide groups is 1. The van der Waals surface area contributed by atoms with Crippen molar-refractivity contribution in [1.82, 2.24) is 14.4 Å². The molecule has 5 rings (SSSR count). The van der Waals surface area contributed by atoms with Gasteiger partial charge in [0.15, 0.2) is 0 Å². The molecule has 1 fully saturated rings. The quantitative estimate of drug-likeness (QED) is 0.346. The summed E-state index contributed by atoms with van der Waals surface area (Å²) in [5, 5.41) is 0.176. The van der Waals surface area contributed by atoms with Gasteiger partial charge in [0.25, 0.3) is 11.1 Å². The summed E-state index contributed by atoms with van der Waals surface area (Å²) >= 11 is 10.6. The predicted octanol–water partition coefficient (Wildman–Crippen LogP) is 6.13. The molecule has 3 heterocycles. The fourth-order valence-electron chi connectivity index (χ4n) is 4.68. The lowest BCUT2D eigenvalue weighted by molar-refractivity contribution is -0.136. The van der Waals surface area contributed by atoms with E-state index < -0.39 is 11.1 Å². The third kappa shape index (κ3) is 4.65. The van der Waals surface area contributed by atoms with Crippen LogP contribution in [0.2, 0.25) is 5.02 Å². The lowest BCUT2D eigenvalue weighted by Gasteiger charge is -2.29. The third-order valence-electron chi connectivity index (χ3n) is 6.57. The number of benzene rings is 2. The molecule has 2 aliphatic rings. The van der Waals surface area contributed by atoms with Crippen LogP contribution in [-0.2, 0) is 22.6 Å². The Kier molecular flexibility index (Phi) is 6.85. The molecule has 3 amide bonds. The number of nitrogens with zero attached hydrogens (tertiary/aromatic N) is 3. The summed E-state index contributed by atoms with van der Waals surface area (Å²) < 4.78 is 2.86. The number of rotatable bonds is 4. The molecule has 3 aromatic rings. The van der Waals surface area contributed by atoms with E-state index in [2.05, 4.69) is 22.0 Å². The summed E-state index contributed by atoms with van der Waals surface area (Å²) in [5.41, 5.74) is 5.96. The average Bonchev–Trinajstić information content (AvgIpc) is 3.29. The Morgan fingerprint density at radius 2 is 1.86 bits per heavy atom. The Morgan fingerprint density at radius 3 is 2.61 bits per heavy atom. The van der Waals surface area contributed by atoms with E-state index in [-0.39, 0.29) is 12.5 Å². The maximum Gasteiger partial charge on any atom is 0.294 e. The van der Waals surface area contributed by atoms with Crippen LogP contribution in [0.5, 0.6) is 0 Å². The monoisotopic (exact) mass is 583 g/mol. The molecular formula is C27H23BrClN3O3S. The third-order valence-corrected chi connectivity index (χ3v) is 8.71. The van der Waals surface area contributed by atoms with E-state index in [4.69, 9.17) is 11.6 Å². The Hall–Kier alpha value is -2.81. The van der Waals surface area contributed by atoms with Crippen LogP contribution in [0.1, 0.15) is 28.1 Å². The Bertz CT molecular complexity index is 1450. The van der Waals surface area contributed by atoms with Gasteiger partial charge in [0.05, 0.1) is 9.93 Å². The molecule has 2 aliphatic heterocycles. The van der Waals surface area contributed by atoms with Crippen molar-refractivity contribution in [2.75, 3.05) is 13.1 Å². The van der Waals surface area contributed by atoms with Crippen molar-refractivity contribution >= 4 is 62.4 Å². The molecule has 1 aromatic heterocycles. The average molecular weight is 585 g/mol. The molecule has 0 N–H and O–H groups in total. The number of amides is 3. The molecule has 0 radical (unpaired) electrons. The lowest BCUT2D eigenvalue weighted by atomic mass is 10.00. The second kappa shape index (κ2) is 9.92. The van der Waals surface area contributed by atoms with Crippen LogP contribution in [0, 0.1) is 13.8 Å². The van der Waals surface area contributed by atoms with E-state index in [0.29, 0.717) is 23.0 Å². The largest absolute Gasteiger partial charge is 0.336 e. The second-order valence-electron chi connectivity index (χ2n) is 8.86. The van der Waals surface area contributed by atoms with Gasteiger partial charge in [0.1, 0.15) is 6.54 Å². The molecule has 6 nitrogen and oxygen atoms in total. The Balaban J connectivity index is 1.34. The van der Waals surface area contributed by atoms with Crippen molar-refractivity contribution in [2.45, 2.75) is 26.8 Å². The highest BCUT2D eigenvalue weighted by atomic mass is 79.9. The van der Waals surface area contributed by atoms with Gasteiger partial charge in [0.2, 0.25) is 5.91 Å². The summed E-state index contributed by atoms with van der Waals surface area (Å²) in [7, 11) is 0. The van der Waals surface area contributed by atoms with E-state index in [9.17, 15) is 14.4 Å². The van der Waals surface area contributed by atoms with Crippen LogP contribution >= 0.6 is 39.3 Å². The number of carbonyl (C=O) groups excluding carboxylic acids is 3. The van der Waals surface area contributed by atoms with Gasteiger partial charge in [-0.05, 0) is 95.0 Å². The normalized spacial score (nSPS) is 16.7. The number of halogens is 2. The minimum atomic E-state index is -0.438. The highest BCUT2D eigenvalue weighted by Crippen LogP contribution is 2.34. The van der Waals surface area contributed by atoms with Crippen molar-refractivity contribution in [3.63, 3.8) is 0 Å².